The molecular weight excluding hydrogens is 545 g/mol. The molecule has 1 amide bonds. The van der Waals surface area contributed by atoms with Crippen molar-refractivity contribution in [2.45, 2.75) is 19.6 Å². The number of aromatic nitrogens is 4. The second-order valence-electron chi connectivity index (χ2n) is 10.6. The fraction of sp³-hybridized carbons (Fsp3) is 0.517. The van der Waals surface area contributed by atoms with E-state index in [0.29, 0.717) is 47.6 Å². The number of aromatic amines is 1. The van der Waals surface area contributed by atoms with E-state index in [-0.39, 0.29) is 24.9 Å². The number of methoxy groups -OCH3 is 1. The number of rotatable bonds is 12. The Morgan fingerprint density at radius 1 is 1.14 bits per heavy atom. The average molecular weight is 584 g/mol. The summed E-state index contributed by atoms with van der Waals surface area (Å²) < 4.78 is 36.1. The van der Waals surface area contributed by atoms with Crippen molar-refractivity contribution < 1.29 is 28.1 Å². The minimum absolute atomic E-state index is 0.143. The fourth-order valence-electron chi connectivity index (χ4n) is 4.79. The number of carbonyl (C=O) groups excluding carboxylic acids is 1. The Kier molecular flexibility index (Phi) is 10.1. The number of hydrogen-bond acceptors (Lipinski definition) is 10. The summed E-state index contributed by atoms with van der Waals surface area (Å²) in [6, 6.07) is 7.88. The number of imidazole rings is 1. The average Bonchev–Trinajstić information content (AvgIpc) is 3.46. The molecule has 2 fully saturated rings. The van der Waals surface area contributed by atoms with Gasteiger partial charge in [-0.2, -0.15) is 0 Å². The van der Waals surface area contributed by atoms with Crippen molar-refractivity contribution in [3.05, 3.63) is 48.2 Å². The fourth-order valence-corrected chi connectivity index (χ4v) is 4.79. The maximum absolute atomic E-state index is 13.7. The van der Waals surface area contributed by atoms with E-state index in [1.54, 1.807) is 38.4 Å². The number of nitrogens with one attached hydrogen (secondary N) is 3. The zero-order valence-electron chi connectivity index (χ0n) is 24.0. The van der Waals surface area contributed by atoms with Gasteiger partial charge in [0.15, 0.2) is 5.82 Å². The first-order chi connectivity index (χ1) is 20.4. The first-order valence-corrected chi connectivity index (χ1v) is 14.2. The van der Waals surface area contributed by atoms with E-state index in [2.05, 4.69) is 25.5 Å². The van der Waals surface area contributed by atoms with Crippen LogP contribution in [0, 0.1) is 11.2 Å². The van der Waals surface area contributed by atoms with Crippen LogP contribution in [0.3, 0.4) is 0 Å². The number of morpholine rings is 1. The standard InChI is InChI=1S/C29H38FN7O5/c1-29(27(38)31-11-15-39-2)18-41-26(42-19-29)25-35-23(20-4-6-21(30)7-5-20)24(36-25)22-8-10-33-28(34-22)32-9-3-12-37-13-16-40-17-14-37/h4-8,10,26H,3,9,11-19H2,1-2H3,(H,31,38)(H,35,36)(H,32,33,34). The Labute approximate surface area is 244 Å². The highest BCUT2D eigenvalue weighted by Crippen LogP contribution is 2.35. The lowest BCUT2D eigenvalue weighted by atomic mass is 9.91. The summed E-state index contributed by atoms with van der Waals surface area (Å²) in [4.78, 5) is 32.3. The molecule has 2 aliphatic heterocycles. The summed E-state index contributed by atoms with van der Waals surface area (Å²) in [5, 5.41) is 6.15. The third kappa shape index (κ3) is 7.47. The van der Waals surface area contributed by atoms with Crippen molar-refractivity contribution in [2.24, 2.45) is 5.41 Å². The molecule has 1 aromatic carbocycles. The second-order valence-corrected chi connectivity index (χ2v) is 10.6. The third-order valence-corrected chi connectivity index (χ3v) is 7.26. The van der Waals surface area contributed by atoms with Crippen LogP contribution in [-0.2, 0) is 23.7 Å². The Balaban J connectivity index is 1.30. The van der Waals surface area contributed by atoms with Crippen LogP contribution in [-0.4, -0.2) is 104 Å². The quantitative estimate of drug-likeness (QED) is 0.273. The number of carbonyl (C=O) groups is 1. The molecule has 4 heterocycles. The van der Waals surface area contributed by atoms with E-state index in [4.69, 9.17) is 28.9 Å². The van der Waals surface area contributed by atoms with Gasteiger partial charge in [-0.25, -0.2) is 19.3 Å². The number of H-pyrrole nitrogens is 1. The van der Waals surface area contributed by atoms with Gasteiger partial charge in [0.2, 0.25) is 18.1 Å². The van der Waals surface area contributed by atoms with Gasteiger partial charge in [0, 0.05) is 45.0 Å². The normalized spacial score (nSPS) is 21.3. The Hall–Kier alpha value is -3.49. The zero-order valence-corrected chi connectivity index (χ0v) is 24.0. The minimum atomic E-state index is -0.853. The molecule has 12 nitrogen and oxygen atoms in total. The van der Waals surface area contributed by atoms with E-state index in [9.17, 15) is 9.18 Å². The lowest BCUT2D eigenvalue weighted by Crippen LogP contribution is -2.49. The molecule has 42 heavy (non-hydrogen) atoms. The van der Waals surface area contributed by atoms with E-state index in [1.165, 1.54) is 12.1 Å². The van der Waals surface area contributed by atoms with E-state index in [1.807, 2.05) is 0 Å². The first kappa shape index (κ1) is 30.0. The summed E-state index contributed by atoms with van der Waals surface area (Å²) in [6.07, 6.45) is 1.81. The number of ether oxygens (including phenoxy) is 4. The predicted molar refractivity (Wildman–Crippen MR) is 153 cm³/mol. The van der Waals surface area contributed by atoms with Gasteiger partial charge in [-0.3, -0.25) is 9.69 Å². The van der Waals surface area contributed by atoms with Crippen molar-refractivity contribution in [1.29, 1.82) is 0 Å². The van der Waals surface area contributed by atoms with Crippen LogP contribution in [0.15, 0.2) is 36.5 Å². The molecule has 2 aliphatic rings. The molecule has 3 N–H and O–H groups in total. The van der Waals surface area contributed by atoms with Gasteiger partial charge in [-0.1, -0.05) is 0 Å². The monoisotopic (exact) mass is 583 g/mol. The smallest absolute Gasteiger partial charge is 0.230 e. The SMILES string of the molecule is COCCNC(=O)C1(C)COC(c2nc(-c3ccc(F)cc3)c(-c3ccnc(NCCCN4CCOCC4)n3)[nH]2)OC1. The Morgan fingerprint density at radius 3 is 2.64 bits per heavy atom. The lowest BCUT2D eigenvalue weighted by Gasteiger charge is -2.35. The van der Waals surface area contributed by atoms with Crippen molar-refractivity contribution in [1.82, 2.24) is 30.2 Å². The van der Waals surface area contributed by atoms with Gasteiger partial charge >= 0.3 is 0 Å². The molecule has 0 radical (unpaired) electrons. The van der Waals surface area contributed by atoms with Gasteiger partial charge in [-0.05, 0) is 50.2 Å². The molecule has 0 aliphatic carbocycles. The Morgan fingerprint density at radius 2 is 1.90 bits per heavy atom. The molecule has 0 saturated carbocycles. The van der Waals surface area contributed by atoms with E-state index >= 15 is 0 Å². The topological polar surface area (TPSA) is 136 Å². The van der Waals surface area contributed by atoms with Crippen LogP contribution in [0.5, 0.6) is 0 Å². The molecule has 226 valence electrons. The summed E-state index contributed by atoms with van der Waals surface area (Å²) in [7, 11) is 1.58. The van der Waals surface area contributed by atoms with Gasteiger partial charge in [-0.15, -0.1) is 0 Å². The van der Waals surface area contributed by atoms with Crippen molar-refractivity contribution in [2.75, 3.05) is 78.2 Å². The van der Waals surface area contributed by atoms with Crippen LogP contribution in [0.1, 0.15) is 25.5 Å². The van der Waals surface area contributed by atoms with E-state index in [0.717, 1.165) is 45.8 Å². The lowest BCUT2D eigenvalue weighted by molar-refractivity contribution is -0.231. The largest absolute Gasteiger partial charge is 0.383 e. The summed E-state index contributed by atoms with van der Waals surface area (Å²) >= 11 is 0. The molecule has 2 aromatic heterocycles. The Bertz CT molecular complexity index is 1310. The molecule has 0 unspecified atom stereocenters. The summed E-state index contributed by atoms with van der Waals surface area (Å²) in [5.74, 6) is 0.403. The minimum Gasteiger partial charge on any atom is -0.383 e. The highest BCUT2D eigenvalue weighted by atomic mass is 19.1. The second kappa shape index (κ2) is 14.1. The molecule has 13 heteroatoms. The molecule has 5 rings (SSSR count). The molecular formula is C29H38FN7O5. The van der Waals surface area contributed by atoms with Gasteiger partial charge in [0.05, 0.1) is 55.5 Å². The van der Waals surface area contributed by atoms with Gasteiger partial charge in [0.25, 0.3) is 0 Å². The van der Waals surface area contributed by atoms with Crippen molar-refractivity contribution in [3.8, 4) is 22.6 Å². The molecule has 0 atom stereocenters. The van der Waals surface area contributed by atoms with Crippen LogP contribution in [0.2, 0.25) is 0 Å². The van der Waals surface area contributed by atoms with E-state index < -0.39 is 11.7 Å². The number of benzene rings is 1. The number of hydrogen-bond donors (Lipinski definition) is 3. The number of anilines is 1. The summed E-state index contributed by atoms with van der Waals surface area (Å²) in [6.45, 7) is 8.07. The number of halogens is 1. The van der Waals surface area contributed by atoms with Crippen LogP contribution in [0.4, 0.5) is 10.3 Å². The van der Waals surface area contributed by atoms with Crippen LogP contribution in [0.25, 0.3) is 22.6 Å². The highest BCUT2D eigenvalue weighted by Gasteiger charge is 2.40. The van der Waals surface area contributed by atoms with Gasteiger partial charge < -0.3 is 34.6 Å². The maximum Gasteiger partial charge on any atom is 0.230 e. The molecule has 3 aromatic rings. The molecule has 0 bridgehead atoms. The molecule has 0 spiro atoms. The predicted octanol–water partition coefficient (Wildman–Crippen LogP) is 2.62. The van der Waals surface area contributed by atoms with Crippen molar-refractivity contribution in [3.63, 3.8) is 0 Å². The number of nitrogens with zero attached hydrogens (tertiary/aromatic N) is 4. The molecule has 2 saturated heterocycles. The summed E-state index contributed by atoms with van der Waals surface area (Å²) in [5.41, 5.74) is 1.64. The zero-order chi connectivity index (χ0) is 29.4. The number of amides is 1. The highest BCUT2D eigenvalue weighted by molar-refractivity contribution is 5.82. The van der Waals surface area contributed by atoms with Crippen LogP contribution >= 0.6 is 0 Å². The van der Waals surface area contributed by atoms with Crippen molar-refractivity contribution >= 4 is 11.9 Å². The van der Waals surface area contributed by atoms with Crippen LogP contribution < -0.4 is 10.6 Å². The third-order valence-electron chi connectivity index (χ3n) is 7.26. The first-order valence-electron chi connectivity index (χ1n) is 14.2. The van der Waals surface area contributed by atoms with Gasteiger partial charge in [0.1, 0.15) is 5.82 Å². The maximum atomic E-state index is 13.7.